The van der Waals surface area contributed by atoms with E-state index in [-0.39, 0.29) is 0 Å². The highest BCUT2D eigenvalue weighted by Gasteiger charge is 2.12. The molecule has 0 aliphatic carbocycles. The van der Waals surface area contributed by atoms with E-state index in [1.54, 1.807) is 31.3 Å². The van der Waals surface area contributed by atoms with Crippen molar-refractivity contribution < 1.29 is 4.42 Å². The number of nitrogens with zero attached hydrogens (tertiary/aromatic N) is 3. The van der Waals surface area contributed by atoms with Gasteiger partial charge in [0.05, 0.1) is 6.20 Å². The minimum atomic E-state index is 0.614. The van der Waals surface area contributed by atoms with Crippen LogP contribution in [0.1, 0.15) is 12.0 Å². The molecule has 1 aromatic carbocycles. The zero-order chi connectivity index (χ0) is 16.7. The van der Waals surface area contributed by atoms with E-state index in [0.717, 1.165) is 34.2 Å². The predicted octanol–water partition coefficient (Wildman–Crippen LogP) is 4.59. The van der Waals surface area contributed by atoms with Gasteiger partial charge in [-0.3, -0.25) is 4.99 Å². The van der Waals surface area contributed by atoms with Crippen LogP contribution in [0.4, 0.5) is 0 Å². The van der Waals surface area contributed by atoms with E-state index >= 15 is 0 Å². The third-order valence-corrected chi connectivity index (χ3v) is 4.76. The van der Waals surface area contributed by atoms with Crippen molar-refractivity contribution in [3.8, 4) is 11.5 Å². The summed E-state index contributed by atoms with van der Waals surface area (Å²) in [6.07, 6.45) is 4.16. The summed E-state index contributed by atoms with van der Waals surface area (Å²) >= 11 is 7.41. The minimum absolute atomic E-state index is 0.614. The third kappa shape index (κ3) is 4.62. The molecule has 1 aromatic heterocycles. The second-order valence-corrected chi connectivity index (χ2v) is 6.26. The molecule has 4 nitrogen and oxygen atoms in total. The summed E-state index contributed by atoms with van der Waals surface area (Å²) < 4.78 is 5.30. The summed E-state index contributed by atoms with van der Waals surface area (Å²) in [5, 5.41) is 0.928. The lowest BCUT2D eigenvalue weighted by Crippen LogP contribution is -2.22. The maximum Gasteiger partial charge on any atom is 0.225 e. The molecule has 0 N–H and O–H groups in total. The summed E-state index contributed by atoms with van der Waals surface area (Å²) in [6.45, 7) is 4.18. The lowest BCUT2D eigenvalue weighted by molar-refractivity contribution is 0.574. The van der Waals surface area contributed by atoms with E-state index < -0.39 is 0 Å². The molecule has 0 spiro atoms. The smallest absolute Gasteiger partial charge is 0.225 e. The van der Waals surface area contributed by atoms with Gasteiger partial charge in [-0.2, -0.15) is 0 Å². The maximum absolute atomic E-state index is 5.73. The molecule has 0 bridgehead atoms. The SMILES string of the molecule is C=C(c1ccc(-c2ncco2)cc1)N(C)C(=NC)SCCCCl. The van der Waals surface area contributed by atoms with Crippen LogP contribution in [0, 0.1) is 0 Å². The molecule has 0 aliphatic rings. The second kappa shape index (κ2) is 8.79. The number of halogens is 1. The Morgan fingerprint density at radius 2 is 2.13 bits per heavy atom. The quantitative estimate of drug-likeness (QED) is 0.331. The average Bonchev–Trinajstić information content (AvgIpc) is 3.12. The van der Waals surface area contributed by atoms with Gasteiger partial charge < -0.3 is 9.32 Å². The van der Waals surface area contributed by atoms with Crippen molar-refractivity contribution in [1.29, 1.82) is 0 Å². The number of thioether (sulfide) groups is 1. The van der Waals surface area contributed by atoms with Crippen molar-refractivity contribution in [2.75, 3.05) is 25.7 Å². The van der Waals surface area contributed by atoms with Crippen LogP contribution in [0.5, 0.6) is 0 Å². The molecule has 0 atom stereocenters. The van der Waals surface area contributed by atoms with E-state index in [2.05, 4.69) is 16.6 Å². The van der Waals surface area contributed by atoms with E-state index in [9.17, 15) is 0 Å². The van der Waals surface area contributed by atoms with Gasteiger partial charge in [-0.05, 0) is 24.1 Å². The lowest BCUT2D eigenvalue weighted by atomic mass is 10.1. The Morgan fingerprint density at radius 1 is 1.39 bits per heavy atom. The van der Waals surface area contributed by atoms with Crippen molar-refractivity contribution in [2.24, 2.45) is 4.99 Å². The fraction of sp³-hybridized carbons (Fsp3) is 0.294. The summed E-state index contributed by atoms with van der Waals surface area (Å²) in [5.41, 5.74) is 2.86. The zero-order valence-electron chi connectivity index (χ0n) is 13.3. The molecular formula is C17H20ClN3OS. The number of oxazole rings is 1. The Labute approximate surface area is 146 Å². The number of aromatic nitrogens is 1. The van der Waals surface area contributed by atoms with Crippen LogP contribution in [0.25, 0.3) is 17.2 Å². The molecule has 0 radical (unpaired) electrons. The topological polar surface area (TPSA) is 41.6 Å². The molecule has 0 saturated heterocycles. The number of aliphatic imine (C=N–C) groups is 1. The normalized spacial score (nSPS) is 11.5. The Bertz CT molecular complexity index is 653. The van der Waals surface area contributed by atoms with E-state index in [4.69, 9.17) is 16.0 Å². The Balaban J connectivity index is 2.06. The van der Waals surface area contributed by atoms with E-state index in [1.165, 1.54) is 0 Å². The van der Waals surface area contributed by atoms with Gasteiger partial charge in [-0.15, -0.1) is 11.6 Å². The number of hydrogen-bond donors (Lipinski definition) is 0. The van der Waals surface area contributed by atoms with Crippen molar-refractivity contribution in [2.45, 2.75) is 6.42 Å². The number of benzene rings is 1. The molecule has 2 rings (SSSR count). The van der Waals surface area contributed by atoms with Crippen molar-refractivity contribution in [3.05, 3.63) is 48.9 Å². The Kier molecular flexibility index (Phi) is 6.74. The first kappa shape index (κ1) is 17.6. The van der Waals surface area contributed by atoms with Crippen molar-refractivity contribution >= 4 is 34.2 Å². The molecule has 2 aromatic rings. The standard InChI is InChI=1S/C17H20ClN3OS/c1-13(21(3)17(19-2)23-12-4-9-18)14-5-7-15(8-6-14)16-20-10-11-22-16/h5-8,10-11H,1,4,9,12H2,2-3H3. The first-order valence-corrected chi connectivity index (χ1v) is 8.78. The van der Waals surface area contributed by atoms with Gasteiger partial charge in [0.1, 0.15) is 6.26 Å². The van der Waals surface area contributed by atoms with Crippen LogP contribution in [0.15, 0.2) is 52.7 Å². The monoisotopic (exact) mass is 349 g/mol. The molecule has 0 saturated carbocycles. The predicted molar refractivity (Wildman–Crippen MR) is 99.9 cm³/mol. The Hall–Kier alpha value is -1.72. The van der Waals surface area contributed by atoms with Gasteiger partial charge in [0.2, 0.25) is 5.89 Å². The van der Waals surface area contributed by atoms with Crippen LogP contribution >= 0.6 is 23.4 Å². The number of hydrogen-bond acceptors (Lipinski definition) is 4. The highest BCUT2D eigenvalue weighted by Crippen LogP contribution is 2.24. The maximum atomic E-state index is 5.73. The first-order chi connectivity index (χ1) is 11.2. The number of rotatable bonds is 6. The zero-order valence-corrected chi connectivity index (χ0v) is 14.9. The first-order valence-electron chi connectivity index (χ1n) is 7.26. The fourth-order valence-corrected chi connectivity index (χ4v) is 3.21. The average molecular weight is 350 g/mol. The fourth-order valence-electron chi connectivity index (χ4n) is 2.01. The van der Waals surface area contributed by atoms with Crippen molar-refractivity contribution in [1.82, 2.24) is 9.88 Å². The highest BCUT2D eigenvalue weighted by atomic mass is 35.5. The summed E-state index contributed by atoms with van der Waals surface area (Å²) in [4.78, 5) is 10.5. The molecule has 0 unspecified atom stereocenters. The Morgan fingerprint density at radius 3 is 2.70 bits per heavy atom. The van der Waals surface area contributed by atoms with Crippen LogP contribution in [0.2, 0.25) is 0 Å². The molecule has 0 amide bonds. The van der Waals surface area contributed by atoms with Crippen LogP contribution in [-0.2, 0) is 0 Å². The van der Waals surface area contributed by atoms with Gasteiger partial charge in [0.15, 0.2) is 5.17 Å². The van der Waals surface area contributed by atoms with Gasteiger partial charge in [-0.25, -0.2) is 4.98 Å². The van der Waals surface area contributed by atoms with Crippen LogP contribution in [0.3, 0.4) is 0 Å². The van der Waals surface area contributed by atoms with E-state index in [1.807, 2.05) is 36.2 Å². The number of alkyl halides is 1. The molecule has 0 fully saturated rings. The van der Waals surface area contributed by atoms with E-state index in [0.29, 0.717) is 11.8 Å². The number of amidine groups is 1. The van der Waals surface area contributed by atoms with Crippen LogP contribution in [-0.4, -0.2) is 40.8 Å². The van der Waals surface area contributed by atoms with Crippen LogP contribution < -0.4 is 0 Å². The minimum Gasteiger partial charge on any atom is -0.445 e. The second-order valence-electron chi connectivity index (χ2n) is 4.82. The molecule has 122 valence electrons. The lowest BCUT2D eigenvalue weighted by Gasteiger charge is -2.23. The molecule has 0 aliphatic heterocycles. The molecule has 23 heavy (non-hydrogen) atoms. The van der Waals surface area contributed by atoms with Crippen molar-refractivity contribution in [3.63, 3.8) is 0 Å². The summed E-state index contributed by atoms with van der Waals surface area (Å²) in [6, 6.07) is 7.97. The molecule has 1 heterocycles. The van der Waals surface area contributed by atoms with Gasteiger partial charge in [-0.1, -0.05) is 30.5 Å². The molecule has 6 heteroatoms. The van der Waals surface area contributed by atoms with Gasteiger partial charge in [0, 0.05) is 37.0 Å². The van der Waals surface area contributed by atoms with Gasteiger partial charge >= 0.3 is 0 Å². The highest BCUT2D eigenvalue weighted by molar-refractivity contribution is 8.13. The summed E-state index contributed by atoms with van der Waals surface area (Å²) in [7, 11) is 3.76. The molecular weight excluding hydrogens is 330 g/mol. The third-order valence-electron chi connectivity index (χ3n) is 3.29. The van der Waals surface area contributed by atoms with Gasteiger partial charge in [0.25, 0.3) is 0 Å². The largest absolute Gasteiger partial charge is 0.445 e. The summed E-state index contributed by atoms with van der Waals surface area (Å²) in [5.74, 6) is 2.22.